The van der Waals surface area contributed by atoms with Gasteiger partial charge in [-0.25, -0.2) is 0 Å². The van der Waals surface area contributed by atoms with Gasteiger partial charge in [0.05, 0.1) is 13.2 Å². The van der Waals surface area contributed by atoms with E-state index >= 15 is 0 Å². The molecule has 0 aliphatic carbocycles. The highest BCUT2D eigenvalue weighted by Gasteiger charge is 2.19. The maximum atomic E-state index is 11.6. The zero-order valence-corrected chi connectivity index (χ0v) is 11.7. The largest absolute Gasteiger partial charge is 0.468 e. The molecule has 0 saturated carbocycles. The summed E-state index contributed by atoms with van der Waals surface area (Å²) in [4.78, 5) is 22.8. The Morgan fingerprint density at radius 1 is 1.37 bits per heavy atom. The van der Waals surface area contributed by atoms with Crippen molar-refractivity contribution in [3.63, 3.8) is 0 Å². The maximum absolute atomic E-state index is 11.6. The Labute approximate surface area is 113 Å². The summed E-state index contributed by atoms with van der Waals surface area (Å²) < 4.78 is 4.74. The van der Waals surface area contributed by atoms with Gasteiger partial charge in [0.1, 0.15) is 0 Å². The van der Waals surface area contributed by atoms with E-state index in [1.807, 2.05) is 13.8 Å². The predicted molar refractivity (Wildman–Crippen MR) is 75.6 cm³/mol. The van der Waals surface area contributed by atoms with Crippen LogP contribution in [0.1, 0.15) is 27.0 Å². The zero-order chi connectivity index (χ0) is 14.6. The number of carbonyl (C=O) groups excluding carboxylic acids is 2. The van der Waals surface area contributed by atoms with Crippen molar-refractivity contribution in [1.29, 1.82) is 0 Å². The smallest absolute Gasteiger partial charge is 0.322 e. The van der Waals surface area contributed by atoms with Crippen LogP contribution in [0.25, 0.3) is 0 Å². The number of ether oxygens (including phenoxy) is 1. The number of primary amides is 1. The van der Waals surface area contributed by atoms with Crippen LogP contribution in [0.3, 0.4) is 0 Å². The lowest BCUT2D eigenvalue weighted by Gasteiger charge is -2.17. The van der Waals surface area contributed by atoms with Gasteiger partial charge in [0.25, 0.3) is 0 Å². The number of benzene rings is 1. The standard InChI is InChI=1S/C13H19BN2O3/c1-7-4-9(12(15)17)5-8(2)10(7)6-11(16-14)13(18)19-3/h4-5,11,16H,6,14H2,1-3H3,(H2,15,17). The first-order valence-corrected chi connectivity index (χ1v) is 6.05. The highest BCUT2D eigenvalue weighted by Crippen LogP contribution is 2.18. The molecular formula is C13H19BN2O3. The first-order chi connectivity index (χ1) is 8.90. The van der Waals surface area contributed by atoms with Crippen LogP contribution in [0.2, 0.25) is 0 Å². The van der Waals surface area contributed by atoms with E-state index in [2.05, 4.69) is 5.23 Å². The predicted octanol–water partition coefficient (Wildman–Crippen LogP) is -0.376. The second-order valence-electron chi connectivity index (χ2n) is 4.52. The van der Waals surface area contributed by atoms with Crippen molar-refractivity contribution in [1.82, 2.24) is 5.23 Å². The van der Waals surface area contributed by atoms with Crippen LogP contribution in [0.15, 0.2) is 12.1 Å². The molecule has 3 N–H and O–H groups in total. The van der Waals surface area contributed by atoms with E-state index in [0.717, 1.165) is 16.7 Å². The highest BCUT2D eigenvalue weighted by molar-refractivity contribution is 6.06. The highest BCUT2D eigenvalue weighted by atomic mass is 16.5. The Hall–Kier alpha value is -1.82. The van der Waals surface area contributed by atoms with E-state index in [4.69, 9.17) is 10.5 Å². The Kier molecular flexibility index (Phi) is 5.12. The third kappa shape index (κ3) is 3.57. The Balaban J connectivity index is 3.08. The molecular weight excluding hydrogens is 243 g/mol. The molecule has 6 heteroatoms. The van der Waals surface area contributed by atoms with Gasteiger partial charge in [-0.1, -0.05) is 0 Å². The fourth-order valence-electron chi connectivity index (χ4n) is 2.11. The minimum Gasteiger partial charge on any atom is -0.468 e. The molecule has 1 unspecified atom stereocenters. The summed E-state index contributed by atoms with van der Waals surface area (Å²) in [6.07, 6.45) is 0.514. The second-order valence-corrected chi connectivity index (χ2v) is 4.52. The Morgan fingerprint density at radius 2 is 1.89 bits per heavy atom. The molecule has 0 bridgehead atoms. The molecule has 1 amide bonds. The molecule has 1 aromatic rings. The number of hydrogen-bond acceptors (Lipinski definition) is 4. The van der Waals surface area contributed by atoms with E-state index < -0.39 is 11.9 Å². The van der Waals surface area contributed by atoms with Crippen LogP contribution < -0.4 is 11.0 Å². The number of amides is 1. The normalized spacial score (nSPS) is 11.9. The summed E-state index contributed by atoms with van der Waals surface area (Å²) in [5.41, 5.74) is 8.67. The minimum absolute atomic E-state index is 0.305. The average molecular weight is 262 g/mol. The van der Waals surface area contributed by atoms with Gasteiger partial charge in [0.2, 0.25) is 5.91 Å². The maximum Gasteiger partial charge on any atom is 0.322 e. The van der Waals surface area contributed by atoms with Crippen LogP contribution >= 0.6 is 0 Å². The van der Waals surface area contributed by atoms with Crippen LogP contribution in [-0.2, 0) is 16.0 Å². The molecule has 0 heterocycles. The molecule has 0 fully saturated rings. The van der Waals surface area contributed by atoms with Crippen molar-refractivity contribution in [2.45, 2.75) is 26.3 Å². The number of methoxy groups -OCH3 is 1. The lowest BCUT2D eigenvalue weighted by atomic mass is 9.93. The summed E-state index contributed by atoms with van der Waals surface area (Å²) in [5.74, 6) is -0.754. The van der Waals surface area contributed by atoms with Gasteiger partial charge in [-0.3, -0.25) is 9.59 Å². The van der Waals surface area contributed by atoms with Gasteiger partial charge < -0.3 is 15.7 Å². The molecule has 0 aromatic heterocycles. The van der Waals surface area contributed by atoms with E-state index in [1.54, 1.807) is 20.1 Å². The summed E-state index contributed by atoms with van der Waals surface area (Å²) >= 11 is 0. The van der Waals surface area contributed by atoms with Gasteiger partial charge in [-0.05, 0) is 49.1 Å². The Bertz CT molecular complexity index is 480. The topological polar surface area (TPSA) is 81.4 Å². The monoisotopic (exact) mass is 262 g/mol. The number of carbonyl (C=O) groups is 2. The van der Waals surface area contributed by atoms with Crippen molar-refractivity contribution in [3.05, 3.63) is 34.4 Å². The van der Waals surface area contributed by atoms with E-state index in [-0.39, 0.29) is 5.97 Å². The molecule has 0 aliphatic heterocycles. The molecule has 1 rings (SSSR count). The van der Waals surface area contributed by atoms with Crippen molar-refractivity contribution < 1.29 is 14.3 Å². The first kappa shape index (κ1) is 15.2. The van der Waals surface area contributed by atoms with Crippen LogP contribution in [-0.4, -0.2) is 33.0 Å². The fraction of sp³-hybridized carbons (Fsp3) is 0.385. The number of aryl methyl sites for hydroxylation is 2. The molecule has 0 spiro atoms. The molecule has 102 valence electrons. The van der Waals surface area contributed by atoms with Crippen LogP contribution in [0.5, 0.6) is 0 Å². The van der Waals surface area contributed by atoms with Gasteiger partial charge in [-0.15, -0.1) is 0 Å². The van der Waals surface area contributed by atoms with E-state index in [0.29, 0.717) is 12.0 Å². The zero-order valence-electron chi connectivity index (χ0n) is 11.7. The third-order valence-electron chi connectivity index (χ3n) is 3.22. The minimum atomic E-state index is -0.448. The molecule has 5 nitrogen and oxygen atoms in total. The number of hydrogen-bond donors (Lipinski definition) is 2. The quantitative estimate of drug-likeness (QED) is 0.560. The van der Waals surface area contributed by atoms with Gasteiger partial charge in [0, 0.05) is 5.56 Å². The Morgan fingerprint density at radius 3 is 2.26 bits per heavy atom. The number of nitrogens with two attached hydrogens (primary N) is 1. The first-order valence-electron chi connectivity index (χ1n) is 6.05. The summed E-state index contributed by atoms with van der Waals surface area (Å²) in [6, 6.07) is 3.09. The number of esters is 1. The van der Waals surface area contributed by atoms with Gasteiger partial charge >= 0.3 is 5.97 Å². The lowest BCUT2D eigenvalue weighted by Crippen LogP contribution is -2.38. The molecule has 0 radical (unpaired) electrons. The molecule has 0 saturated heterocycles. The average Bonchev–Trinajstić information content (AvgIpc) is 2.37. The number of nitrogens with one attached hydrogen (secondary N) is 1. The van der Waals surface area contributed by atoms with Crippen molar-refractivity contribution in [2.24, 2.45) is 5.73 Å². The summed E-state index contributed by atoms with van der Waals surface area (Å²) in [5, 5.41) is 2.93. The molecule has 19 heavy (non-hydrogen) atoms. The lowest BCUT2D eigenvalue weighted by molar-refractivity contribution is -0.142. The van der Waals surface area contributed by atoms with E-state index in [1.165, 1.54) is 7.11 Å². The summed E-state index contributed by atoms with van der Waals surface area (Å²) in [7, 11) is 3.08. The van der Waals surface area contributed by atoms with Crippen LogP contribution in [0, 0.1) is 13.8 Å². The van der Waals surface area contributed by atoms with Crippen molar-refractivity contribution in [2.75, 3.05) is 7.11 Å². The molecule has 1 aromatic carbocycles. The SMILES string of the molecule is BNC(Cc1c(C)cc(C(N)=O)cc1C)C(=O)OC. The van der Waals surface area contributed by atoms with Gasteiger partial charge in [-0.2, -0.15) is 0 Å². The van der Waals surface area contributed by atoms with Crippen molar-refractivity contribution in [3.8, 4) is 0 Å². The second kappa shape index (κ2) is 6.38. The van der Waals surface area contributed by atoms with Crippen LogP contribution in [0.4, 0.5) is 0 Å². The molecule has 1 atom stereocenters. The number of rotatable bonds is 5. The summed E-state index contributed by atoms with van der Waals surface area (Å²) in [6.45, 7) is 3.80. The van der Waals surface area contributed by atoms with Gasteiger partial charge in [0.15, 0.2) is 7.98 Å². The van der Waals surface area contributed by atoms with Crippen molar-refractivity contribution >= 4 is 19.9 Å². The molecule has 0 aliphatic rings. The fourth-order valence-corrected chi connectivity index (χ4v) is 2.11. The third-order valence-corrected chi connectivity index (χ3v) is 3.22. The van der Waals surface area contributed by atoms with E-state index in [9.17, 15) is 9.59 Å².